The van der Waals surface area contributed by atoms with Crippen LogP contribution in [0.1, 0.15) is 18.4 Å². The fourth-order valence-electron chi connectivity index (χ4n) is 4.73. The van der Waals surface area contributed by atoms with E-state index in [1.807, 2.05) is 42.5 Å². The number of fused-ring (bicyclic) bond motifs is 1. The van der Waals surface area contributed by atoms with Gasteiger partial charge in [-0.05, 0) is 53.4 Å². The van der Waals surface area contributed by atoms with Gasteiger partial charge in [0.05, 0.1) is 32.1 Å². The van der Waals surface area contributed by atoms with E-state index in [-0.39, 0.29) is 17.3 Å². The number of hydrogen-bond donors (Lipinski definition) is 0. The van der Waals surface area contributed by atoms with Crippen LogP contribution in [0.5, 0.6) is 17.2 Å². The predicted molar refractivity (Wildman–Crippen MR) is 138 cm³/mol. The summed E-state index contributed by atoms with van der Waals surface area (Å²) in [5.74, 6) is 0.999. The Bertz CT molecular complexity index is 1330. The molecule has 0 aliphatic carbocycles. The summed E-state index contributed by atoms with van der Waals surface area (Å²) in [6.45, 7) is 0.882. The van der Waals surface area contributed by atoms with E-state index in [0.717, 1.165) is 16.3 Å². The summed E-state index contributed by atoms with van der Waals surface area (Å²) in [7, 11) is 2.64. The second-order valence-electron chi connectivity index (χ2n) is 8.94. The van der Waals surface area contributed by atoms with Crippen molar-refractivity contribution in [1.82, 2.24) is 9.21 Å². The van der Waals surface area contributed by atoms with Crippen molar-refractivity contribution in [3.05, 3.63) is 60.2 Å². The van der Waals surface area contributed by atoms with Crippen molar-refractivity contribution in [3.8, 4) is 17.2 Å². The molecule has 1 fully saturated rings. The van der Waals surface area contributed by atoms with Crippen LogP contribution < -0.4 is 14.2 Å². The number of rotatable bonds is 8. The van der Waals surface area contributed by atoms with Crippen LogP contribution in [-0.4, -0.2) is 65.0 Å². The van der Waals surface area contributed by atoms with Gasteiger partial charge in [0.15, 0.2) is 11.5 Å². The number of carbonyl (C=O) groups excluding carboxylic acids is 1. The van der Waals surface area contributed by atoms with Crippen LogP contribution in [0.4, 0.5) is 0 Å². The van der Waals surface area contributed by atoms with Crippen LogP contribution in [-0.2, 0) is 21.4 Å². The highest BCUT2D eigenvalue weighted by Gasteiger charge is 2.34. The van der Waals surface area contributed by atoms with Gasteiger partial charge in [-0.25, -0.2) is 8.42 Å². The van der Waals surface area contributed by atoms with Gasteiger partial charge in [-0.2, -0.15) is 4.31 Å². The second kappa shape index (κ2) is 10.8. The molecule has 9 heteroatoms. The van der Waals surface area contributed by atoms with Gasteiger partial charge in [-0.1, -0.05) is 30.3 Å². The molecule has 8 nitrogen and oxygen atoms in total. The summed E-state index contributed by atoms with van der Waals surface area (Å²) >= 11 is 0. The maximum atomic E-state index is 13.4. The molecule has 192 valence electrons. The van der Waals surface area contributed by atoms with Gasteiger partial charge in [-0.15, -0.1) is 0 Å². The molecule has 1 aliphatic heterocycles. The van der Waals surface area contributed by atoms with Crippen molar-refractivity contribution >= 4 is 26.7 Å². The number of benzene rings is 3. The lowest BCUT2D eigenvalue weighted by molar-refractivity contribution is -0.135. The van der Waals surface area contributed by atoms with Crippen LogP contribution >= 0.6 is 0 Å². The van der Waals surface area contributed by atoms with Gasteiger partial charge in [0.1, 0.15) is 0 Å². The third-order valence-corrected chi connectivity index (χ3v) is 8.47. The lowest BCUT2D eigenvalue weighted by Crippen LogP contribution is -2.45. The summed E-state index contributed by atoms with van der Waals surface area (Å²) < 4.78 is 44.5. The van der Waals surface area contributed by atoms with Crippen LogP contribution in [0.15, 0.2) is 59.5 Å². The molecular weight excluding hydrogens is 480 g/mol. The number of amides is 1. The van der Waals surface area contributed by atoms with Crippen molar-refractivity contribution in [2.24, 2.45) is 5.92 Å². The Morgan fingerprint density at radius 2 is 1.64 bits per heavy atom. The van der Waals surface area contributed by atoms with Gasteiger partial charge < -0.3 is 19.1 Å². The van der Waals surface area contributed by atoms with Crippen molar-refractivity contribution in [3.63, 3.8) is 0 Å². The molecule has 1 unspecified atom stereocenters. The number of piperidine rings is 1. The molecule has 0 aromatic heterocycles. The summed E-state index contributed by atoms with van der Waals surface area (Å²) in [5, 5.41) is 1.85. The van der Waals surface area contributed by atoms with Gasteiger partial charge in [0.25, 0.3) is 0 Å². The minimum absolute atomic E-state index is 0.0952. The lowest BCUT2D eigenvalue weighted by atomic mass is 9.98. The number of hydrogen-bond acceptors (Lipinski definition) is 6. The third-order valence-electron chi connectivity index (χ3n) is 6.61. The van der Waals surface area contributed by atoms with Crippen molar-refractivity contribution < 1.29 is 27.4 Å². The minimum atomic E-state index is -3.71. The molecular formula is C27H32N2O6S. The molecule has 3 aromatic carbocycles. The topological polar surface area (TPSA) is 85.4 Å². The van der Waals surface area contributed by atoms with E-state index in [0.29, 0.717) is 43.2 Å². The Balaban J connectivity index is 1.49. The van der Waals surface area contributed by atoms with E-state index < -0.39 is 15.9 Å². The molecule has 36 heavy (non-hydrogen) atoms. The minimum Gasteiger partial charge on any atom is -0.493 e. The Labute approximate surface area is 212 Å². The number of methoxy groups -OCH3 is 3. The van der Waals surface area contributed by atoms with Gasteiger partial charge >= 0.3 is 0 Å². The summed E-state index contributed by atoms with van der Waals surface area (Å²) in [4.78, 5) is 15.2. The Morgan fingerprint density at radius 1 is 0.972 bits per heavy atom. The number of carbonyl (C=O) groups is 1. The molecule has 0 spiro atoms. The fraction of sp³-hybridized carbons (Fsp3) is 0.370. The zero-order valence-corrected chi connectivity index (χ0v) is 21.9. The fourth-order valence-corrected chi connectivity index (χ4v) is 6.29. The quantitative estimate of drug-likeness (QED) is 0.455. The molecule has 1 aliphatic rings. The molecule has 0 radical (unpaired) electrons. The first kappa shape index (κ1) is 25.8. The van der Waals surface area contributed by atoms with Crippen LogP contribution in [0.25, 0.3) is 10.8 Å². The van der Waals surface area contributed by atoms with E-state index in [2.05, 4.69) is 0 Å². The van der Waals surface area contributed by atoms with E-state index in [9.17, 15) is 13.2 Å². The summed E-state index contributed by atoms with van der Waals surface area (Å²) in [5.41, 5.74) is 0.816. The number of sulfonamides is 1. The van der Waals surface area contributed by atoms with Crippen LogP contribution in [0.3, 0.4) is 0 Å². The first-order valence-electron chi connectivity index (χ1n) is 11.8. The molecule has 0 N–H and O–H groups in total. The highest BCUT2D eigenvalue weighted by atomic mass is 32.2. The Morgan fingerprint density at radius 3 is 2.28 bits per heavy atom. The van der Waals surface area contributed by atoms with Gasteiger partial charge in [-0.3, -0.25) is 4.79 Å². The standard InChI is InChI=1S/C27H32N2O6S/c1-28(17-19-14-24(33-2)26(35-4)25(15-19)34-3)27(30)22-10-7-13-29(18-22)36(31,32)23-12-11-20-8-5-6-9-21(20)16-23/h5-6,8-9,11-12,14-16,22H,7,10,13,17-18H2,1-4H3. The van der Waals surface area contributed by atoms with E-state index in [4.69, 9.17) is 14.2 Å². The highest BCUT2D eigenvalue weighted by molar-refractivity contribution is 7.89. The van der Waals surface area contributed by atoms with E-state index in [1.165, 1.54) is 11.4 Å². The number of ether oxygens (including phenoxy) is 3. The van der Waals surface area contributed by atoms with Crippen molar-refractivity contribution in [2.45, 2.75) is 24.3 Å². The molecule has 1 atom stereocenters. The second-order valence-corrected chi connectivity index (χ2v) is 10.9. The lowest BCUT2D eigenvalue weighted by Gasteiger charge is -2.33. The zero-order chi connectivity index (χ0) is 25.9. The van der Waals surface area contributed by atoms with E-state index >= 15 is 0 Å². The maximum absolute atomic E-state index is 13.4. The smallest absolute Gasteiger partial charge is 0.243 e. The first-order valence-corrected chi connectivity index (χ1v) is 13.2. The Hall–Kier alpha value is -3.30. The summed E-state index contributed by atoms with van der Waals surface area (Å²) in [6, 6.07) is 16.4. The normalized spacial score (nSPS) is 16.5. The van der Waals surface area contributed by atoms with E-state index in [1.54, 1.807) is 38.3 Å². The molecule has 0 saturated carbocycles. The molecule has 1 saturated heterocycles. The molecule has 1 amide bonds. The summed E-state index contributed by atoms with van der Waals surface area (Å²) in [6.07, 6.45) is 1.27. The highest BCUT2D eigenvalue weighted by Crippen LogP contribution is 2.38. The molecule has 3 aromatic rings. The molecule has 1 heterocycles. The maximum Gasteiger partial charge on any atom is 0.243 e. The molecule has 4 rings (SSSR count). The van der Waals surface area contributed by atoms with Crippen LogP contribution in [0.2, 0.25) is 0 Å². The van der Waals surface area contributed by atoms with Crippen molar-refractivity contribution in [2.75, 3.05) is 41.5 Å². The largest absolute Gasteiger partial charge is 0.493 e. The first-order chi connectivity index (χ1) is 17.3. The van der Waals surface area contributed by atoms with Gasteiger partial charge in [0.2, 0.25) is 21.7 Å². The van der Waals surface area contributed by atoms with Gasteiger partial charge in [0, 0.05) is 26.7 Å². The number of nitrogens with zero attached hydrogens (tertiary/aromatic N) is 2. The average Bonchev–Trinajstić information content (AvgIpc) is 2.91. The van der Waals surface area contributed by atoms with Crippen LogP contribution in [0, 0.1) is 5.92 Å². The molecule has 0 bridgehead atoms. The third kappa shape index (κ3) is 5.12. The predicted octanol–water partition coefficient (Wildman–Crippen LogP) is 3.92. The monoisotopic (exact) mass is 512 g/mol. The van der Waals surface area contributed by atoms with Crippen molar-refractivity contribution in [1.29, 1.82) is 0 Å². The Kier molecular flexibility index (Phi) is 7.70. The zero-order valence-electron chi connectivity index (χ0n) is 21.1. The average molecular weight is 513 g/mol. The SMILES string of the molecule is COc1cc(CN(C)C(=O)C2CCCN(S(=O)(=O)c3ccc4ccccc4c3)C2)cc(OC)c1OC.